The van der Waals surface area contributed by atoms with Crippen molar-refractivity contribution in [2.75, 3.05) is 0 Å². The molecule has 1 heteroatoms. The van der Waals surface area contributed by atoms with Crippen LogP contribution in [0.1, 0.15) is 40.5 Å². The zero-order valence-corrected chi connectivity index (χ0v) is 8.13. The smallest absolute Gasteiger partial charge is 0.0584 e. The van der Waals surface area contributed by atoms with Crippen LogP contribution in [0, 0.1) is 0 Å². The van der Waals surface area contributed by atoms with Gasteiger partial charge in [0, 0.05) is 0 Å². The fourth-order valence-corrected chi connectivity index (χ4v) is 0.975. The van der Waals surface area contributed by atoms with Crippen molar-refractivity contribution in [3.63, 3.8) is 0 Å². The van der Waals surface area contributed by atoms with Gasteiger partial charge in [-0.3, -0.25) is 0 Å². The Balaban J connectivity index is 3.36. The van der Waals surface area contributed by atoms with Crippen LogP contribution in [0.4, 0.5) is 0 Å². The van der Waals surface area contributed by atoms with Gasteiger partial charge in [-0.25, -0.2) is 0 Å². The van der Waals surface area contributed by atoms with Crippen molar-refractivity contribution >= 4 is 0 Å². The Bertz CT molecular complexity index is 105. The first-order valence-electron chi connectivity index (χ1n) is 4.47. The molecule has 0 aliphatic heterocycles. The molecule has 0 amide bonds. The third kappa shape index (κ3) is 7.60. The summed E-state index contributed by atoms with van der Waals surface area (Å²) in [6, 6.07) is 0. The minimum atomic E-state index is 0.347. The summed E-state index contributed by atoms with van der Waals surface area (Å²) in [6.45, 7) is 8.39. The lowest BCUT2D eigenvalue weighted by Gasteiger charge is -2.13. The van der Waals surface area contributed by atoms with Crippen LogP contribution in [0.3, 0.4) is 0 Å². The van der Waals surface area contributed by atoms with Gasteiger partial charge in [-0.2, -0.15) is 0 Å². The first-order chi connectivity index (χ1) is 5.16. The maximum Gasteiger partial charge on any atom is 0.0584 e. The van der Waals surface area contributed by atoms with Gasteiger partial charge in [0.1, 0.15) is 0 Å². The van der Waals surface area contributed by atoms with E-state index in [4.69, 9.17) is 4.74 Å². The topological polar surface area (TPSA) is 9.23 Å². The SMILES string of the molecule is CC/C=C/C[C@H](C)OC(C)C. The largest absolute Gasteiger partial charge is 0.376 e. The van der Waals surface area contributed by atoms with E-state index >= 15 is 0 Å². The zero-order chi connectivity index (χ0) is 8.69. The van der Waals surface area contributed by atoms with Crippen molar-refractivity contribution < 1.29 is 4.74 Å². The van der Waals surface area contributed by atoms with Crippen molar-refractivity contribution in [1.82, 2.24) is 0 Å². The fraction of sp³-hybridized carbons (Fsp3) is 0.800. The molecular weight excluding hydrogens is 136 g/mol. The Morgan fingerprint density at radius 3 is 2.27 bits per heavy atom. The summed E-state index contributed by atoms with van der Waals surface area (Å²) < 4.78 is 5.55. The molecule has 0 saturated heterocycles. The Hall–Kier alpha value is -0.300. The van der Waals surface area contributed by atoms with Gasteiger partial charge >= 0.3 is 0 Å². The van der Waals surface area contributed by atoms with Crippen LogP contribution in [0.25, 0.3) is 0 Å². The van der Waals surface area contributed by atoms with Gasteiger partial charge in [0.15, 0.2) is 0 Å². The zero-order valence-electron chi connectivity index (χ0n) is 8.13. The van der Waals surface area contributed by atoms with Gasteiger partial charge in [-0.1, -0.05) is 19.1 Å². The molecule has 0 saturated carbocycles. The summed E-state index contributed by atoms with van der Waals surface area (Å²) in [7, 11) is 0. The minimum absolute atomic E-state index is 0.347. The Labute approximate surface area is 70.4 Å². The number of ether oxygens (including phenoxy) is 1. The first kappa shape index (κ1) is 10.7. The van der Waals surface area contributed by atoms with E-state index in [1.54, 1.807) is 0 Å². The summed E-state index contributed by atoms with van der Waals surface area (Å²) in [5.74, 6) is 0. The van der Waals surface area contributed by atoms with Crippen molar-refractivity contribution in [2.45, 2.75) is 52.7 Å². The molecule has 11 heavy (non-hydrogen) atoms. The average Bonchev–Trinajstić information content (AvgIpc) is 1.86. The van der Waals surface area contributed by atoms with Crippen LogP contribution in [-0.4, -0.2) is 12.2 Å². The van der Waals surface area contributed by atoms with Gasteiger partial charge < -0.3 is 4.74 Å². The number of hydrogen-bond acceptors (Lipinski definition) is 1. The summed E-state index contributed by atoms with van der Waals surface area (Å²) in [5.41, 5.74) is 0. The standard InChI is InChI=1S/C10H20O/c1-5-6-7-8-10(4)11-9(2)3/h6-7,9-10H,5,8H2,1-4H3/b7-6+/t10-/m0/s1. The van der Waals surface area contributed by atoms with E-state index < -0.39 is 0 Å². The fourth-order valence-electron chi connectivity index (χ4n) is 0.975. The summed E-state index contributed by atoms with van der Waals surface area (Å²) in [6.07, 6.45) is 7.23. The van der Waals surface area contributed by atoms with Crippen LogP contribution in [0.5, 0.6) is 0 Å². The molecule has 0 bridgehead atoms. The molecule has 0 aromatic heterocycles. The quantitative estimate of drug-likeness (QED) is 0.555. The molecule has 0 aromatic rings. The van der Waals surface area contributed by atoms with E-state index in [1.165, 1.54) is 0 Å². The van der Waals surface area contributed by atoms with Crippen LogP contribution in [0.15, 0.2) is 12.2 Å². The first-order valence-corrected chi connectivity index (χ1v) is 4.47. The lowest BCUT2D eigenvalue weighted by atomic mass is 10.2. The molecule has 0 spiro atoms. The van der Waals surface area contributed by atoms with E-state index in [9.17, 15) is 0 Å². The molecule has 0 rings (SSSR count). The monoisotopic (exact) mass is 156 g/mol. The molecule has 66 valence electrons. The highest BCUT2D eigenvalue weighted by molar-refractivity contribution is 4.82. The molecule has 0 aliphatic carbocycles. The lowest BCUT2D eigenvalue weighted by molar-refractivity contribution is 0.0209. The predicted molar refractivity (Wildman–Crippen MR) is 49.7 cm³/mol. The van der Waals surface area contributed by atoms with Crippen LogP contribution in [0.2, 0.25) is 0 Å². The van der Waals surface area contributed by atoms with Crippen molar-refractivity contribution in [1.29, 1.82) is 0 Å². The van der Waals surface area contributed by atoms with Crippen LogP contribution < -0.4 is 0 Å². The Morgan fingerprint density at radius 1 is 1.18 bits per heavy atom. The highest BCUT2D eigenvalue weighted by Crippen LogP contribution is 2.02. The number of rotatable bonds is 5. The van der Waals surface area contributed by atoms with Crippen molar-refractivity contribution in [2.24, 2.45) is 0 Å². The summed E-state index contributed by atoms with van der Waals surface area (Å²) in [5, 5.41) is 0. The number of allylic oxidation sites excluding steroid dienone is 1. The molecule has 1 nitrogen and oxygen atoms in total. The van der Waals surface area contributed by atoms with E-state index in [0.717, 1.165) is 12.8 Å². The third-order valence-electron chi connectivity index (χ3n) is 1.37. The second kappa shape index (κ2) is 6.41. The van der Waals surface area contributed by atoms with Crippen molar-refractivity contribution in [3.05, 3.63) is 12.2 Å². The molecule has 0 radical (unpaired) electrons. The van der Waals surface area contributed by atoms with Gasteiger partial charge in [0.2, 0.25) is 0 Å². The van der Waals surface area contributed by atoms with E-state index in [-0.39, 0.29) is 0 Å². The molecule has 0 aliphatic rings. The highest BCUT2D eigenvalue weighted by Gasteiger charge is 2.00. The third-order valence-corrected chi connectivity index (χ3v) is 1.37. The van der Waals surface area contributed by atoms with Crippen LogP contribution in [-0.2, 0) is 4.74 Å². The average molecular weight is 156 g/mol. The molecule has 1 atom stereocenters. The van der Waals surface area contributed by atoms with E-state index in [2.05, 4.69) is 39.8 Å². The predicted octanol–water partition coefficient (Wildman–Crippen LogP) is 3.16. The second-order valence-corrected chi connectivity index (χ2v) is 3.11. The van der Waals surface area contributed by atoms with Gasteiger partial charge in [-0.05, 0) is 33.6 Å². The normalized spacial score (nSPS) is 14.6. The van der Waals surface area contributed by atoms with Gasteiger partial charge in [-0.15, -0.1) is 0 Å². The summed E-state index contributed by atoms with van der Waals surface area (Å²) in [4.78, 5) is 0. The maximum absolute atomic E-state index is 5.55. The molecule has 0 fully saturated rings. The van der Waals surface area contributed by atoms with E-state index in [0.29, 0.717) is 12.2 Å². The lowest BCUT2D eigenvalue weighted by Crippen LogP contribution is -2.12. The maximum atomic E-state index is 5.55. The molecule has 0 aromatic carbocycles. The molecule has 0 unspecified atom stereocenters. The Morgan fingerprint density at radius 2 is 1.82 bits per heavy atom. The summed E-state index contributed by atoms with van der Waals surface area (Å²) >= 11 is 0. The molecule has 0 N–H and O–H groups in total. The van der Waals surface area contributed by atoms with Crippen LogP contribution >= 0.6 is 0 Å². The van der Waals surface area contributed by atoms with Gasteiger partial charge in [0.05, 0.1) is 12.2 Å². The number of hydrogen-bond donors (Lipinski definition) is 0. The molecular formula is C10H20O. The highest BCUT2D eigenvalue weighted by atomic mass is 16.5. The second-order valence-electron chi connectivity index (χ2n) is 3.11. The minimum Gasteiger partial charge on any atom is -0.376 e. The van der Waals surface area contributed by atoms with E-state index in [1.807, 2.05) is 0 Å². The van der Waals surface area contributed by atoms with Crippen molar-refractivity contribution in [3.8, 4) is 0 Å². The Kier molecular flexibility index (Phi) is 6.24. The molecule has 0 heterocycles. The van der Waals surface area contributed by atoms with Gasteiger partial charge in [0.25, 0.3) is 0 Å².